The summed E-state index contributed by atoms with van der Waals surface area (Å²) < 4.78 is 6.89. The van der Waals surface area contributed by atoms with E-state index in [2.05, 4.69) is 20.2 Å². The largest absolute Gasteiger partial charge is 0.423 e. The van der Waals surface area contributed by atoms with Gasteiger partial charge in [0.2, 0.25) is 5.91 Å². The van der Waals surface area contributed by atoms with Crippen LogP contribution in [0.1, 0.15) is 18.5 Å². The minimum Gasteiger partial charge on any atom is -0.423 e. The maximum atomic E-state index is 12.7. The van der Waals surface area contributed by atoms with Crippen LogP contribution in [0.15, 0.2) is 67.6 Å². The van der Waals surface area contributed by atoms with Crippen LogP contribution < -0.4 is 10.2 Å². The van der Waals surface area contributed by atoms with Gasteiger partial charge < -0.3 is 14.6 Å². The van der Waals surface area contributed by atoms with Crippen LogP contribution in [0.3, 0.4) is 0 Å². The molecule has 0 aliphatic carbocycles. The number of amides is 1. The van der Waals surface area contributed by atoms with Gasteiger partial charge in [-0.3, -0.25) is 4.79 Å². The van der Waals surface area contributed by atoms with Gasteiger partial charge in [0.1, 0.15) is 5.52 Å². The van der Waals surface area contributed by atoms with E-state index in [0.29, 0.717) is 6.01 Å². The Morgan fingerprint density at radius 3 is 2.61 bits per heavy atom. The fourth-order valence-corrected chi connectivity index (χ4v) is 5.47. The molecule has 0 spiro atoms. The first-order valence-electron chi connectivity index (χ1n) is 10.3. The second-order valence-electron chi connectivity index (χ2n) is 7.60. The van der Waals surface area contributed by atoms with Crippen LogP contribution in [0.2, 0.25) is 0 Å². The minimum absolute atomic E-state index is 0.00651. The van der Waals surface area contributed by atoms with Gasteiger partial charge in [-0.25, -0.2) is 4.98 Å². The summed E-state index contributed by atoms with van der Waals surface area (Å²) in [5.41, 5.74) is 3.53. The lowest BCUT2D eigenvalue weighted by Gasteiger charge is -2.30. The van der Waals surface area contributed by atoms with Crippen molar-refractivity contribution in [1.82, 2.24) is 9.97 Å². The Hall–Kier alpha value is -2.84. The molecule has 2 aromatic heterocycles. The molecule has 6 nitrogen and oxygen atoms in total. The molecule has 0 atom stereocenters. The molecule has 0 saturated carbocycles. The zero-order valence-corrected chi connectivity index (χ0v) is 18.7. The highest BCUT2D eigenvalue weighted by atomic mass is 32.2. The SMILES string of the molecule is Cc1csc(Sc2ccc(NC(=O)C3CCN(c4nc5ccccc5o4)CC3)cc2)n1. The number of oxazole rings is 1. The van der Waals surface area contributed by atoms with Crippen molar-refractivity contribution in [1.29, 1.82) is 0 Å². The molecule has 8 heteroatoms. The highest BCUT2D eigenvalue weighted by Crippen LogP contribution is 2.31. The zero-order valence-electron chi connectivity index (χ0n) is 17.1. The number of thiazole rings is 1. The number of aryl methyl sites for hydroxylation is 1. The van der Waals surface area contributed by atoms with Crippen molar-refractivity contribution in [3.63, 3.8) is 0 Å². The van der Waals surface area contributed by atoms with E-state index in [9.17, 15) is 4.79 Å². The molecule has 3 heterocycles. The van der Waals surface area contributed by atoms with Gasteiger partial charge in [-0.2, -0.15) is 4.98 Å². The van der Waals surface area contributed by atoms with Crippen LogP contribution >= 0.6 is 23.1 Å². The number of hydrogen-bond donors (Lipinski definition) is 1. The number of carbonyl (C=O) groups excluding carboxylic acids is 1. The lowest BCUT2D eigenvalue weighted by molar-refractivity contribution is -0.120. The summed E-state index contributed by atoms with van der Waals surface area (Å²) in [6.45, 7) is 3.51. The number of benzene rings is 2. The van der Waals surface area contributed by atoms with Crippen LogP contribution in [0.25, 0.3) is 11.1 Å². The standard InChI is InChI=1S/C23H22N4O2S2/c1-15-14-30-23(24-15)31-18-8-6-17(7-9-18)25-21(28)16-10-12-27(13-11-16)22-26-19-4-2-3-5-20(19)29-22/h2-9,14,16H,10-13H2,1H3,(H,25,28). The Labute approximate surface area is 188 Å². The number of fused-ring (bicyclic) bond motifs is 1. The number of anilines is 2. The van der Waals surface area contributed by atoms with Gasteiger partial charge in [0, 0.05) is 40.7 Å². The smallest absolute Gasteiger partial charge is 0.298 e. The normalized spacial score (nSPS) is 14.8. The molecule has 1 fully saturated rings. The van der Waals surface area contributed by atoms with E-state index in [1.165, 1.54) is 0 Å². The molecule has 1 saturated heterocycles. The minimum atomic E-state index is -0.00651. The molecule has 4 aromatic rings. The number of carbonyl (C=O) groups is 1. The summed E-state index contributed by atoms with van der Waals surface area (Å²) in [5, 5.41) is 5.11. The first-order valence-corrected chi connectivity index (χ1v) is 11.9. The van der Waals surface area contributed by atoms with Gasteiger partial charge in [-0.05, 0) is 56.2 Å². The summed E-state index contributed by atoms with van der Waals surface area (Å²) in [6.07, 6.45) is 1.56. The first kappa shape index (κ1) is 20.1. The lowest BCUT2D eigenvalue weighted by Crippen LogP contribution is -2.38. The third kappa shape index (κ3) is 4.60. The molecule has 2 aromatic carbocycles. The van der Waals surface area contributed by atoms with Crippen molar-refractivity contribution in [2.24, 2.45) is 5.92 Å². The zero-order chi connectivity index (χ0) is 21.2. The summed E-state index contributed by atoms with van der Waals surface area (Å²) in [5.74, 6) is 0.0705. The Morgan fingerprint density at radius 1 is 1.13 bits per heavy atom. The van der Waals surface area contributed by atoms with E-state index in [0.717, 1.165) is 57.6 Å². The molecule has 0 unspecified atom stereocenters. The summed E-state index contributed by atoms with van der Waals surface area (Å²) in [4.78, 5) is 25.0. The van der Waals surface area contributed by atoms with Crippen LogP contribution in [0.5, 0.6) is 0 Å². The van der Waals surface area contributed by atoms with Gasteiger partial charge >= 0.3 is 0 Å². The molecule has 5 rings (SSSR count). The van der Waals surface area contributed by atoms with E-state index < -0.39 is 0 Å². The van der Waals surface area contributed by atoms with Crippen molar-refractivity contribution in [3.8, 4) is 0 Å². The molecule has 1 N–H and O–H groups in total. The molecule has 158 valence electrons. The van der Waals surface area contributed by atoms with Gasteiger partial charge in [0.15, 0.2) is 9.92 Å². The number of aromatic nitrogens is 2. The van der Waals surface area contributed by atoms with Crippen LogP contribution in [-0.2, 0) is 4.79 Å². The van der Waals surface area contributed by atoms with E-state index in [-0.39, 0.29) is 11.8 Å². The molecule has 31 heavy (non-hydrogen) atoms. The van der Waals surface area contributed by atoms with Gasteiger partial charge in [-0.15, -0.1) is 11.3 Å². The number of nitrogens with zero attached hydrogens (tertiary/aromatic N) is 3. The van der Waals surface area contributed by atoms with Crippen molar-refractivity contribution < 1.29 is 9.21 Å². The number of nitrogens with one attached hydrogen (secondary N) is 1. The lowest BCUT2D eigenvalue weighted by atomic mass is 9.96. The third-order valence-corrected chi connectivity index (χ3v) is 7.41. The predicted molar refractivity (Wildman–Crippen MR) is 125 cm³/mol. The van der Waals surface area contributed by atoms with Crippen molar-refractivity contribution >= 4 is 51.8 Å². The van der Waals surface area contributed by atoms with E-state index in [1.54, 1.807) is 23.1 Å². The second-order valence-corrected chi connectivity index (χ2v) is 9.77. The highest BCUT2D eigenvalue weighted by molar-refractivity contribution is 8.01. The topological polar surface area (TPSA) is 71.3 Å². The Balaban J connectivity index is 1.15. The monoisotopic (exact) mass is 450 g/mol. The van der Waals surface area contributed by atoms with Crippen molar-refractivity contribution in [2.45, 2.75) is 29.0 Å². The number of rotatable bonds is 5. The second kappa shape index (κ2) is 8.72. The predicted octanol–water partition coefficient (Wildman–Crippen LogP) is 5.60. The van der Waals surface area contributed by atoms with Crippen LogP contribution in [0, 0.1) is 12.8 Å². The van der Waals surface area contributed by atoms with Crippen molar-refractivity contribution in [3.05, 3.63) is 59.6 Å². The first-order chi connectivity index (χ1) is 15.1. The maximum absolute atomic E-state index is 12.7. The summed E-state index contributed by atoms with van der Waals surface area (Å²) in [7, 11) is 0. The Bertz CT molecular complexity index is 1160. The third-order valence-electron chi connectivity index (χ3n) is 5.34. The molecule has 1 aliphatic rings. The molecule has 0 bridgehead atoms. The fourth-order valence-electron chi connectivity index (χ4n) is 3.66. The van der Waals surface area contributed by atoms with Gasteiger partial charge in [-0.1, -0.05) is 23.9 Å². The van der Waals surface area contributed by atoms with E-state index >= 15 is 0 Å². The molecular weight excluding hydrogens is 428 g/mol. The van der Waals surface area contributed by atoms with E-state index in [4.69, 9.17) is 4.42 Å². The van der Waals surface area contributed by atoms with E-state index in [1.807, 2.05) is 60.8 Å². The van der Waals surface area contributed by atoms with Crippen molar-refractivity contribution in [2.75, 3.05) is 23.3 Å². The quantitative estimate of drug-likeness (QED) is 0.427. The average molecular weight is 451 g/mol. The van der Waals surface area contributed by atoms with Crippen LogP contribution in [0.4, 0.5) is 11.7 Å². The van der Waals surface area contributed by atoms with Gasteiger partial charge in [0.05, 0.1) is 0 Å². The fraction of sp³-hybridized carbons (Fsp3) is 0.261. The number of para-hydroxylation sites is 2. The Morgan fingerprint density at radius 2 is 1.90 bits per heavy atom. The highest BCUT2D eigenvalue weighted by Gasteiger charge is 2.27. The Kier molecular flexibility index (Phi) is 5.65. The summed E-state index contributed by atoms with van der Waals surface area (Å²) >= 11 is 3.28. The molecule has 1 aliphatic heterocycles. The number of piperidine rings is 1. The maximum Gasteiger partial charge on any atom is 0.298 e. The number of hydrogen-bond acceptors (Lipinski definition) is 7. The van der Waals surface area contributed by atoms with Crippen LogP contribution in [-0.4, -0.2) is 29.0 Å². The molecule has 1 amide bonds. The summed E-state index contributed by atoms with van der Waals surface area (Å²) in [6, 6.07) is 16.4. The van der Waals surface area contributed by atoms with Gasteiger partial charge in [0.25, 0.3) is 6.01 Å². The molecular formula is C23H22N4O2S2. The molecule has 0 radical (unpaired) electrons. The average Bonchev–Trinajstić information content (AvgIpc) is 3.41.